The molecule has 0 bridgehead atoms. The topological polar surface area (TPSA) is 116 Å². The van der Waals surface area contributed by atoms with Crippen molar-refractivity contribution in [1.29, 1.82) is 0 Å². The number of aromatic nitrogens is 2. The molecule has 0 saturated heterocycles. The Morgan fingerprint density at radius 2 is 1.85 bits per heavy atom. The Hall–Kier alpha value is -3.42. The summed E-state index contributed by atoms with van der Waals surface area (Å²) in [6, 6.07) is 6.08. The minimum atomic E-state index is -0.992. The number of benzene rings is 1. The van der Waals surface area contributed by atoms with Crippen molar-refractivity contribution in [3.63, 3.8) is 0 Å². The standard InChI is InChI=1S/C19H22N4O4/c1-11-16(12(2)23(4)22-11)9-10-17(24)27-13(3)19(26)21-15-7-5-14(6-8-15)18(20)25/h5-10,13H,1-4H3,(H2,20,25)(H,21,26)/b10-9+/t13-/m0/s1. The number of hydrogen-bond donors (Lipinski definition) is 2. The number of aryl methyl sites for hydroxylation is 2. The van der Waals surface area contributed by atoms with Crippen LogP contribution in [0, 0.1) is 13.8 Å². The summed E-state index contributed by atoms with van der Waals surface area (Å²) in [4.78, 5) is 35.1. The van der Waals surface area contributed by atoms with Gasteiger partial charge in [0, 0.05) is 35.6 Å². The molecule has 2 amide bonds. The zero-order valence-corrected chi connectivity index (χ0v) is 15.6. The van der Waals surface area contributed by atoms with Gasteiger partial charge in [-0.25, -0.2) is 4.79 Å². The molecule has 3 N–H and O–H groups in total. The van der Waals surface area contributed by atoms with E-state index in [9.17, 15) is 14.4 Å². The van der Waals surface area contributed by atoms with Gasteiger partial charge in [-0.05, 0) is 51.1 Å². The van der Waals surface area contributed by atoms with Crippen molar-refractivity contribution < 1.29 is 19.1 Å². The molecule has 0 unspecified atom stereocenters. The van der Waals surface area contributed by atoms with Crippen LogP contribution in [0.25, 0.3) is 6.08 Å². The number of nitrogens with two attached hydrogens (primary N) is 1. The molecule has 8 nitrogen and oxygen atoms in total. The quantitative estimate of drug-likeness (QED) is 0.593. The molecule has 2 aromatic rings. The summed E-state index contributed by atoms with van der Waals surface area (Å²) in [6.07, 6.45) is 1.89. The van der Waals surface area contributed by atoms with Crippen LogP contribution in [0.4, 0.5) is 5.69 Å². The summed E-state index contributed by atoms with van der Waals surface area (Å²) < 4.78 is 6.84. The summed E-state index contributed by atoms with van der Waals surface area (Å²) in [7, 11) is 1.82. The van der Waals surface area contributed by atoms with Crippen molar-refractivity contribution in [2.45, 2.75) is 26.9 Å². The maximum absolute atomic E-state index is 12.1. The molecule has 1 heterocycles. The fourth-order valence-corrected chi connectivity index (χ4v) is 2.41. The number of esters is 1. The number of hydrogen-bond acceptors (Lipinski definition) is 5. The molecule has 0 radical (unpaired) electrons. The second-order valence-corrected chi connectivity index (χ2v) is 6.05. The predicted molar refractivity (Wildman–Crippen MR) is 101 cm³/mol. The molecular formula is C19H22N4O4. The monoisotopic (exact) mass is 370 g/mol. The van der Waals surface area contributed by atoms with Crippen molar-refractivity contribution >= 4 is 29.5 Å². The Bertz CT molecular complexity index is 897. The lowest BCUT2D eigenvalue weighted by molar-refractivity contribution is -0.148. The van der Waals surface area contributed by atoms with Gasteiger partial charge in [0.2, 0.25) is 5.91 Å². The van der Waals surface area contributed by atoms with E-state index in [1.54, 1.807) is 22.9 Å². The van der Waals surface area contributed by atoms with E-state index in [4.69, 9.17) is 10.5 Å². The normalized spacial score (nSPS) is 12.0. The molecule has 0 aliphatic carbocycles. The minimum absolute atomic E-state index is 0.332. The third kappa shape index (κ3) is 5.04. The van der Waals surface area contributed by atoms with Gasteiger partial charge >= 0.3 is 5.97 Å². The lowest BCUT2D eigenvalue weighted by Crippen LogP contribution is -2.29. The number of rotatable bonds is 6. The van der Waals surface area contributed by atoms with Crippen LogP contribution in [0.15, 0.2) is 30.3 Å². The van der Waals surface area contributed by atoms with Gasteiger partial charge in [0.05, 0.1) is 5.69 Å². The van der Waals surface area contributed by atoms with E-state index in [0.717, 1.165) is 17.0 Å². The lowest BCUT2D eigenvalue weighted by Gasteiger charge is -2.12. The average molecular weight is 370 g/mol. The Morgan fingerprint density at radius 3 is 2.37 bits per heavy atom. The van der Waals surface area contributed by atoms with Gasteiger partial charge in [-0.2, -0.15) is 5.10 Å². The molecule has 1 aromatic carbocycles. The summed E-state index contributed by atoms with van der Waals surface area (Å²) in [5.41, 5.74) is 8.51. The molecule has 0 aliphatic rings. The molecule has 1 aromatic heterocycles. The molecular weight excluding hydrogens is 348 g/mol. The van der Waals surface area contributed by atoms with E-state index in [2.05, 4.69) is 10.4 Å². The molecule has 2 rings (SSSR count). The third-order valence-corrected chi connectivity index (χ3v) is 4.05. The van der Waals surface area contributed by atoms with E-state index in [1.165, 1.54) is 25.1 Å². The zero-order chi connectivity index (χ0) is 20.1. The summed E-state index contributed by atoms with van der Waals surface area (Å²) in [5.74, 6) is -1.68. The van der Waals surface area contributed by atoms with E-state index in [1.807, 2.05) is 20.9 Å². The van der Waals surface area contributed by atoms with Gasteiger partial charge in [-0.3, -0.25) is 14.3 Å². The first-order valence-corrected chi connectivity index (χ1v) is 8.28. The van der Waals surface area contributed by atoms with Crippen LogP contribution < -0.4 is 11.1 Å². The third-order valence-electron chi connectivity index (χ3n) is 4.05. The fourth-order valence-electron chi connectivity index (χ4n) is 2.41. The number of carbonyl (C=O) groups is 3. The van der Waals surface area contributed by atoms with Crippen molar-refractivity contribution in [1.82, 2.24) is 9.78 Å². The molecule has 0 aliphatic heterocycles. The van der Waals surface area contributed by atoms with Crippen molar-refractivity contribution in [3.8, 4) is 0 Å². The molecule has 8 heteroatoms. The number of nitrogens with one attached hydrogen (secondary N) is 1. The smallest absolute Gasteiger partial charge is 0.331 e. The molecule has 1 atom stereocenters. The molecule has 27 heavy (non-hydrogen) atoms. The molecule has 0 saturated carbocycles. The second-order valence-electron chi connectivity index (χ2n) is 6.05. The predicted octanol–water partition coefficient (Wildman–Crippen LogP) is 1.72. The number of ether oxygens (including phenoxy) is 1. The minimum Gasteiger partial charge on any atom is -0.449 e. The van der Waals surface area contributed by atoms with E-state index >= 15 is 0 Å². The van der Waals surface area contributed by atoms with E-state index < -0.39 is 23.9 Å². The van der Waals surface area contributed by atoms with Crippen LogP contribution >= 0.6 is 0 Å². The number of anilines is 1. The number of primary amides is 1. The van der Waals surface area contributed by atoms with Crippen molar-refractivity contribution in [2.75, 3.05) is 5.32 Å². The van der Waals surface area contributed by atoms with Crippen LogP contribution in [-0.2, 0) is 21.4 Å². The highest BCUT2D eigenvalue weighted by molar-refractivity contribution is 5.97. The number of amides is 2. The summed E-state index contributed by atoms with van der Waals surface area (Å²) >= 11 is 0. The zero-order valence-electron chi connectivity index (χ0n) is 15.6. The average Bonchev–Trinajstić information content (AvgIpc) is 2.85. The highest BCUT2D eigenvalue weighted by Gasteiger charge is 2.17. The van der Waals surface area contributed by atoms with E-state index in [-0.39, 0.29) is 0 Å². The molecule has 0 spiro atoms. The van der Waals surface area contributed by atoms with Gasteiger partial charge in [0.15, 0.2) is 6.10 Å². The maximum atomic E-state index is 12.1. The summed E-state index contributed by atoms with van der Waals surface area (Å²) in [5, 5.41) is 6.86. The first-order valence-electron chi connectivity index (χ1n) is 8.28. The largest absolute Gasteiger partial charge is 0.449 e. The maximum Gasteiger partial charge on any atom is 0.331 e. The lowest BCUT2D eigenvalue weighted by atomic mass is 10.2. The Morgan fingerprint density at radius 1 is 1.22 bits per heavy atom. The van der Waals surface area contributed by atoms with Crippen molar-refractivity contribution in [2.24, 2.45) is 12.8 Å². The van der Waals surface area contributed by atoms with Crippen LogP contribution in [0.5, 0.6) is 0 Å². The van der Waals surface area contributed by atoms with Gasteiger partial charge in [-0.15, -0.1) is 0 Å². The molecule has 142 valence electrons. The first kappa shape index (κ1) is 19.9. The van der Waals surface area contributed by atoms with Crippen LogP contribution in [0.3, 0.4) is 0 Å². The Balaban J connectivity index is 1.94. The number of nitrogens with zero attached hydrogens (tertiary/aromatic N) is 2. The van der Waals surface area contributed by atoms with Gasteiger partial charge < -0.3 is 15.8 Å². The van der Waals surface area contributed by atoms with Gasteiger partial charge in [0.1, 0.15) is 0 Å². The summed E-state index contributed by atoms with van der Waals surface area (Å²) in [6.45, 7) is 5.21. The SMILES string of the molecule is Cc1nn(C)c(C)c1/C=C/C(=O)O[C@@H](C)C(=O)Nc1ccc(C(N)=O)cc1. The number of carbonyl (C=O) groups excluding carboxylic acids is 3. The highest BCUT2D eigenvalue weighted by atomic mass is 16.5. The van der Waals surface area contributed by atoms with E-state index in [0.29, 0.717) is 11.3 Å². The molecule has 0 fully saturated rings. The van der Waals surface area contributed by atoms with Gasteiger partial charge in [-0.1, -0.05) is 0 Å². The first-order chi connectivity index (χ1) is 12.7. The van der Waals surface area contributed by atoms with Crippen LogP contribution in [-0.4, -0.2) is 33.7 Å². The highest BCUT2D eigenvalue weighted by Crippen LogP contribution is 2.14. The van der Waals surface area contributed by atoms with Crippen LogP contribution in [0.1, 0.15) is 34.2 Å². The van der Waals surface area contributed by atoms with Crippen LogP contribution in [0.2, 0.25) is 0 Å². The Labute approximate surface area is 157 Å². The Kier molecular flexibility index (Phi) is 6.12. The fraction of sp³-hybridized carbons (Fsp3) is 0.263. The van der Waals surface area contributed by atoms with Gasteiger partial charge in [0.25, 0.3) is 5.91 Å². The second kappa shape index (κ2) is 8.31. The van der Waals surface area contributed by atoms with Crippen molar-refractivity contribution in [3.05, 3.63) is 52.9 Å².